The van der Waals surface area contributed by atoms with Crippen molar-refractivity contribution in [2.45, 2.75) is 45.3 Å². The number of hydrogen-bond donors (Lipinski definition) is 0. The fourth-order valence-corrected chi connectivity index (χ4v) is 5.03. The Morgan fingerprint density at radius 2 is 1.88 bits per heavy atom. The molecular weight excluding hydrogens is 428 g/mol. The van der Waals surface area contributed by atoms with Gasteiger partial charge >= 0.3 is 0 Å². The molecule has 1 fully saturated rings. The molecule has 1 saturated heterocycles. The van der Waals surface area contributed by atoms with E-state index in [1.807, 2.05) is 10.9 Å². The molecule has 9 nitrogen and oxygen atoms in total. The first-order chi connectivity index (χ1) is 16.6. The van der Waals surface area contributed by atoms with Gasteiger partial charge in [-0.3, -0.25) is 4.68 Å². The highest BCUT2D eigenvalue weighted by molar-refractivity contribution is 5.74. The van der Waals surface area contributed by atoms with Crippen molar-refractivity contribution in [3.05, 3.63) is 43.0 Å². The fourth-order valence-electron chi connectivity index (χ4n) is 5.03. The Hall–Kier alpha value is -3.46. The van der Waals surface area contributed by atoms with E-state index < -0.39 is 0 Å². The number of ether oxygens (including phenoxy) is 1. The quantitative estimate of drug-likeness (QED) is 0.461. The summed E-state index contributed by atoms with van der Waals surface area (Å²) in [5.74, 6) is 2.54. The first-order valence-corrected chi connectivity index (χ1v) is 12.0. The number of hydrogen-bond acceptors (Lipinski definition) is 6. The van der Waals surface area contributed by atoms with Crippen LogP contribution in [0.5, 0.6) is 5.75 Å². The second kappa shape index (κ2) is 8.39. The first-order valence-electron chi connectivity index (χ1n) is 12.0. The van der Waals surface area contributed by atoms with Gasteiger partial charge in [-0.1, -0.05) is 6.07 Å². The lowest BCUT2D eigenvalue weighted by Gasteiger charge is -2.30. The summed E-state index contributed by atoms with van der Waals surface area (Å²) in [6.07, 6.45) is 7.79. The molecule has 176 valence electrons. The molecule has 0 radical (unpaired) electrons. The first kappa shape index (κ1) is 21.1. The summed E-state index contributed by atoms with van der Waals surface area (Å²) in [4.78, 5) is 11.8. The van der Waals surface area contributed by atoms with Crippen LogP contribution in [-0.2, 0) is 6.54 Å². The number of piperidine rings is 1. The SMILES string of the molecule is CC(C)n1ncnc1-c1cn2c(n1)-c1ccc(-c3ccnn3C3CCN(C)CC3)cc1OCC2. The summed E-state index contributed by atoms with van der Waals surface area (Å²) < 4.78 is 12.5. The highest BCUT2D eigenvalue weighted by Crippen LogP contribution is 2.37. The van der Waals surface area contributed by atoms with E-state index in [1.54, 1.807) is 6.33 Å². The fraction of sp³-hybridized carbons (Fsp3) is 0.440. The molecule has 9 heteroatoms. The molecule has 1 aromatic carbocycles. The van der Waals surface area contributed by atoms with Crippen LogP contribution in [0.4, 0.5) is 0 Å². The number of nitrogens with zero attached hydrogens (tertiary/aromatic N) is 8. The molecule has 0 atom stereocenters. The Morgan fingerprint density at radius 3 is 2.71 bits per heavy atom. The zero-order valence-corrected chi connectivity index (χ0v) is 19.9. The minimum atomic E-state index is 0.214. The van der Waals surface area contributed by atoms with Crippen molar-refractivity contribution in [2.24, 2.45) is 0 Å². The molecule has 2 aliphatic rings. The maximum Gasteiger partial charge on any atom is 0.178 e. The average molecular weight is 459 g/mol. The van der Waals surface area contributed by atoms with Gasteiger partial charge in [0.15, 0.2) is 5.82 Å². The summed E-state index contributed by atoms with van der Waals surface area (Å²) in [6.45, 7) is 7.72. The van der Waals surface area contributed by atoms with Crippen molar-refractivity contribution in [1.29, 1.82) is 0 Å². The van der Waals surface area contributed by atoms with Crippen LogP contribution >= 0.6 is 0 Å². The van der Waals surface area contributed by atoms with Gasteiger partial charge in [0, 0.05) is 24.0 Å². The third-order valence-electron chi connectivity index (χ3n) is 6.88. The van der Waals surface area contributed by atoms with Crippen molar-refractivity contribution < 1.29 is 4.74 Å². The standard InChI is InChI=1S/C25H30N8O/c1-17(2)32-25(26-16-28-32)21-15-31-12-13-34-23-14-18(4-5-20(23)24(31)29-21)22-6-9-27-33(22)19-7-10-30(3)11-8-19/h4-6,9,14-17,19H,7-8,10-13H2,1-3H3. The van der Waals surface area contributed by atoms with Crippen molar-refractivity contribution in [3.8, 4) is 39.9 Å². The topological polar surface area (TPSA) is 78.8 Å². The van der Waals surface area contributed by atoms with Gasteiger partial charge in [-0.15, -0.1) is 0 Å². The Labute approximate surface area is 199 Å². The molecule has 6 rings (SSSR count). The van der Waals surface area contributed by atoms with Gasteiger partial charge in [0.1, 0.15) is 30.2 Å². The number of fused-ring (bicyclic) bond motifs is 3. The normalized spacial score (nSPS) is 16.8. The van der Waals surface area contributed by atoms with Crippen molar-refractivity contribution >= 4 is 0 Å². The van der Waals surface area contributed by atoms with E-state index >= 15 is 0 Å². The van der Waals surface area contributed by atoms with Crippen molar-refractivity contribution in [2.75, 3.05) is 26.7 Å². The molecule has 0 saturated carbocycles. The average Bonchev–Trinajstić information content (AvgIpc) is 3.57. The van der Waals surface area contributed by atoms with Gasteiger partial charge in [-0.2, -0.15) is 10.2 Å². The van der Waals surface area contributed by atoms with Crippen LogP contribution in [0.25, 0.3) is 34.2 Å². The molecule has 0 aliphatic carbocycles. The number of rotatable bonds is 4. The van der Waals surface area contributed by atoms with Crippen molar-refractivity contribution in [1.82, 2.24) is 39.0 Å². The monoisotopic (exact) mass is 458 g/mol. The lowest BCUT2D eigenvalue weighted by atomic mass is 10.0. The predicted molar refractivity (Wildman–Crippen MR) is 130 cm³/mol. The van der Waals surface area contributed by atoms with Crippen LogP contribution in [0.1, 0.15) is 38.8 Å². The van der Waals surface area contributed by atoms with Crippen LogP contribution in [0.3, 0.4) is 0 Å². The van der Waals surface area contributed by atoms with Gasteiger partial charge in [-0.25, -0.2) is 14.6 Å². The predicted octanol–water partition coefficient (Wildman–Crippen LogP) is 3.91. The molecule has 0 bridgehead atoms. The Morgan fingerprint density at radius 1 is 1.03 bits per heavy atom. The van der Waals surface area contributed by atoms with Crippen LogP contribution in [0.15, 0.2) is 43.0 Å². The molecule has 0 amide bonds. The Balaban J connectivity index is 1.36. The van der Waals surface area contributed by atoms with E-state index in [0.29, 0.717) is 12.6 Å². The van der Waals surface area contributed by atoms with E-state index in [9.17, 15) is 0 Å². The summed E-state index contributed by atoms with van der Waals surface area (Å²) >= 11 is 0. The van der Waals surface area contributed by atoms with E-state index in [0.717, 1.165) is 72.4 Å². The van der Waals surface area contributed by atoms with Gasteiger partial charge < -0.3 is 14.2 Å². The van der Waals surface area contributed by atoms with Crippen LogP contribution in [0.2, 0.25) is 0 Å². The maximum atomic E-state index is 6.19. The van der Waals surface area contributed by atoms with Crippen LogP contribution < -0.4 is 4.74 Å². The molecule has 0 N–H and O–H groups in total. The smallest absolute Gasteiger partial charge is 0.178 e. The Kier molecular flexibility index (Phi) is 5.21. The molecular formula is C25H30N8O. The Bertz CT molecular complexity index is 1310. The lowest BCUT2D eigenvalue weighted by molar-refractivity contribution is 0.213. The molecule has 2 aliphatic heterocycles. The van der Waals surface area contributed by atoms with Crippen LogP contribution in [0, 0.1) is 0 Å². The number of benzene rings is 1. The lowest BCUT2D eigenvalue weighted by Crippen LogP contribution is -2.32. The zero-order valence-electron chi connectivity index (χ0n) is 19.9. The largest absolute Gasteiger partial charge is 0.491 e. The summed E-state index contributed by atoms with van der Waals surface area (Å²) in [5.41, 5.74) is 4.08. The highest BCUT2D eigenvalue weighted by Gasteiger charge is 2.24. The number of imidazole rings is 1. The maximum absolute atomic E-state index is 6.19. The zero-order chi connectivity index (χ0) is 23.2. The summed E-state index contributed by atoms with van der Waals surface area (Å²) in [5, 5.41) is 9.06. The van der Waals surface area contributed by atoms with E-state index in [1.165, 1.54) is 0 Å². The van der Waals surface area contributed by atoms with Crippen molar-refractivity contribution in [3.63, 3.8) is 0 Å². The van der Waals surface area contributed by atoms with Gasteiger partial charge in [0.05, 0.1) is 23.8 Å². The molecule has 0 unspecified atom stereocenters. The summed E-state index contributed by atoms with van der Waals surface area (Å²) in [6, 6.07) is 9.17. The highest BCUT2D eigenvalue weighted by atomic mass is 16.5. The molecule has 34 heavy (non-hydrogen) atoms. The second-order valence-electron chi connectivity index (χ2n) is 9.52. The molecule has 4 aromatic rings. The summed E-state index contributed by atoms with van der Waals surface area (Å²) in [7, 11) is 2.19. The van der Waals surface area contributed by atoms with Crippen LogP contribution in [-0.4, -0.2) is 65.7 Å². The number of likely N-dealkylation sites (tertiary alicyclic amines) is 1. The second-order valence-corrected chi connectivity index (χ2v) is 9.52. The minimum Gasteiger partial charge on any atom is -0.491 e. The molecule has 5 heterocycles. The third-order valence-corrected chi connectivity index (χ3v) is 6.88. The van der Waals surface area contributed by atoms with Gasteiger partial charge in [0.25, 0.3) is 0 Å². The minimum absolute atomic E-state index is 0.214. The van der Waals surface area contributed by atoms with Gasteiger partial charge in [-0.05, 0) is 65.0 Å². The van der Waals surface area contributed by atoms with E-state index in [2.05, 4.69) is 80.7 Å². The van der Waals surface area contributed by atoms with E-state index in [4.69, 9.17) is 9.72 Å². The third kappa shape index (κ3) is 3.60. The number of aromatic nitrogens is 7. The van der Waals surface area contributed by atoms with Gasteiger partial charge in [0.2, 0.25) is 0 Å². The molecule has 0 spiro atoms. The van der Waals surface area contributed by atoms with E-state index in [-0.39, 0.29) is 6.04 Å². The molecule has 3 aromatic heterocycles.